The number of para-hydroxylation sites is 1. The van der Waals surface area contributed by atoms with Gasteiger partial charge in [-0.2, -0.15) is 0 Å². The lowest BCUT2D eigenvalue weighted by Crippen LogP contribution is -2.34. The van der Waals surface area contributed by atoms with E-state index in [1.165, 1.54) is 7.11 Å². The Balaban J connectivity index is 2.03. The minimum Gasteiger partial charge on any atom is -0.469 e. The molecule has 21 heavy (non-hydrogen) atoms. The summed E-state index contributed by atoms with van der Waals surface area (Å²) in [6.07, 6.45) is 2.43. The number of esters is 1. The summed E-state index contributed by atoms with van der Waals surface area (Å²) in [4.78, 5) is 28.4. The largest absolute Gasteiger partial charge is 0.469 e. The van der Waals surface area contributed by atoms with Crippen LogP contribution in [0.4, 0.5) is 0 Å². The van der Waals surface area contributed by atoms with Crippen LogP contribution in [0.1, 0.15) is 18.9 Å². The molecule has 0 aliphatic carbocycles. The number of methoxy groups -OCH3 is 1. The summed E-state index contributed by atoms with van der Waals surface area (Å²) in [5.41, 5.74) is 2.00. The molecule has 5 nitrogen and oxygen atoms in total. The Morgan fingerprint density at radius 2 is 2.05 bits per heavy atom. The molecule has 0 bridgehead atoms. The molecule has 0 unspecified atom stereocenters. The van der Waals surface area contributed by atoms with Gasteiger partial charge in [0.05, 0.1) is 20.0 Å². The van der Waals surface area contributed by atoms with Crippen LogP contribution in [0.25, 0.3) is 10.9 Å². The molecule has 1 aromatic heterocycles. The quantitative estimate of drug-likeness (QED) is 0.828. The van der Waals surface area contributed by atoms with Gasteiger partial charge in [0.15, 0.2) is 0 Å². The first-order valence-corrected chi connectivity index (χ1v) is 7.05. The van der Waals surface area contributed by atoms with Crippen LogP contribution < -0.4 is 0 Å². The lowest BCUT2D eigenvalue weighted by molar-refractivity contribution is -0.141. The normalized spacial score (nSPS) is 10.6. The molecule has 2 rings (SSSR count). The van der Waals surface area contributed by atoms with Crippen LogP contribution >= 0.6 is 0 Å². The second-order valence-corrected chi connectivity index (χ2v) is 4.84. The van der Waals surface area contributed by atoms with E-state index in [0.717, 1.165) is 16.5 Å². The van der Waals surface area contributed by atoms with Crippen molar-refractivity contribution in [2.45, 2.75) is 19.8 Å². The zero-order chi connectivity index (χ0) is 15.2. The van der Waals surface area contributed by atoms with Gasteiger partial charge in [-0.3, -0.25) is 9.59 Å². The molecule has 0 aliphatic rings. The van der Waals surface area contributed by atoms with Gasteiger partial charge in [-0.25, -0.2) is 0 Å². The Hall–Kier alpha value is -2.30. The second kappa shape index (κ2) is 6.92. The van der Waals surface area contributed by atoms with E-state index in [1.54, 1.807) is 4.90 Å². The van der Waals surface area contributed by atoms with E-state index in [4.69, 9.17) is 0 Å². The highest BCUT2D eigenvalue weighted by Gasteiger charge is 2.15. The van der Waals surface area contributed by atoms with Gasteiger partial charge in [-0.15, -0.1) is 0 Å². The van der Waals surface area contributed by atoms with Gasteiger partial charge in [-0.1, -0.05) is 18.2 Å². The Morgan fingerprint density at radius 3 is 2.76 bits per heavy atom. The maximum Gasteiger partial charge on any atom is 0.307 e. The van der Waals surface area contributed by atoms with E-state index in [0.29, 0.717) is 19.5 Å². The van der Waals surface area contributed by atoms with Crippen LogP contribution in [0.15, 0.2) is 30.5 Å². The Labute approximate surface area is 123 Å². The predicted octanol–water partition coefficient (Wildman–Crippen LogP) is 2.12. The van der Waals surface area contributed by atoms with Crippen molar-refractivity contribution in [1.82, 2.24) is 9.88 Å². The first kappa shape index (κ1) is 15.1. The number of likely N-dealkylation sites (N-methyl/N-ethyl adjacent to an activating group) is 1. The molecule has 112 valence electrons. The third-order valence-electron chi connectivity index (χ3n) is 3.56. The molecule has 1 amide bonds. The van der Waals surface area contributed by atoms with Crippen LogP contribution in [-0.4, -0.2) is 42.0 Å². The molecular weight excluding hydrogens is 268 g/mol. The van der Waals surface area contributed by atoms with Gasteiger partial charge >= 0.3 is 5.97 Å². The van der Waals surface area contributed by atoms with Crippen LogP contribution in [0.2, 0.25) is 0 Å². The number of fused-ring (bicyclic) bond motifs is 1. The molecule has 1 aromatic carbocycles. The van der Waals surface area contributed by atoms with Gasteiger partial charge in [0.2, 0.25) is 5.91 Å². The molecule has 1 heterocycles. The van der Waals surface area contributed by atoms with E-state index in [-0.39, 0.29) is 18.3 Å². The first-order valence-electron chi connectivity index (χ1n) is 7.05. The molecule has 5 heteroatoms. The van der Waals surface area contributed by atoms with Gasteiger partial charge < -0.3 is 14.6 Å². The predicted molar refractivity (Wildman–Crippen MR) is 80.9 cm³/mol. The molecule has 1 N–H and O–H groups in total. The number of amides is 1. The van der Waals surface area contributed by atoms with E-state index < -0.39 is 0 Å². The van der Waals surface area contributed by atoms with Crippen molar-refractivity contribution in [2.75, 3.05) is 20.2 Å². The first-order chi connectivity index (χ1) is 10.2. The number of aromatic amines is 1. The third-order valence-corrected chi connectivity index (χ3v) is 3.56. The van der Waals surface area contributed by atoms with Crippen molar-refractivity contribution in [3.8, 4) is 0 Å². The molecule has 0 radical (unpaired) electrons. The van der Waals surface area contributed by atoms with E-state index in [9.17, 15) is 9.59 Å². The summed E-state index contributed by atoms with van der Waals surface area (Å²) in [5.74, 6) is -0.278. The highest BCUT2D eigenvalue weighted by atomic mass is 16.5. The lowest BCUT2D eigenvalue weighted by Gasteiger charge is -2.20. The molecule has 0 fully saturated rings. The van der Waals surface area contributed by atoms with Crippen molar-refractivity contribution in [1.29, 1.82) is 0 Å². The van der Waals surface area contributed by atoms with E-state index in [2.05, 4.69) is 9.72 Å². The van der Waals surface area contributed by atoms with E-state index in [1.807, 2.05) is 37.4 Å². The van der Waals surface area contributed by atoms with Crippen LogP contribution in [0.5, 0.6) is 0 Å². The van der Waals surface area contributed by atoms with Gasteiger partial charge in [0.25, 0.3) is 0 Å². The number of carbonyl (C=O) groups excluding carboxylic acids is 2. The number of hydrogen-bond donors (Lipinski definition) is 1. The zero-order valence-corrected chi connectivity index (χ0v) is 12.4. The minimum absolute atomic E-state index is 0.0196. The molecule has 0 saturated heterocycles. The van der Waals surface area contributed by atoms with Gasteiger partial charge in [0, 0.05) is 30.2 Å². The summed E-state index contributed by atoms with van der Waals surface area (Å²) in [6, 6.07) is 7.90. The van der Waals surface area contributed by atoms with Crippen LogP contribution in [0, 0.1) is 0 Å². The van der Waals surface area contributed by atoms with E-state index >= 15 is 0 Å². The van der Waals surface area contributed by atoms with Crippen molar-refractivity contribution >= 4 is 22.8 Å². The Morgan fingerprint density at radius 1 is 1.29 bits per heavy atom. The van der Waals surface area contributed by atoms with Gasteiger partial charge in [-0.05, 0) is 18.6 Å². The fourth-order valence-electron chi connectivity index (χ4n) is 2.34. The number of H-pyrrole nitrogens is 1. The Bertz CT molecular complexity index is 633. The average molecular weight is 288 g/mol. The molecule has 0 spiro atoms. The number of ether oxygens (including phenoxy) is 1. The highest BCUT2D eigenvalue weighted by molar-refractivity contribution is 5.89. The summed E-state index contributed by atoms with van der Waals surface area (Å²) in [6.45, 7) is 2.88. The number of carbonyl (C=O) groups is 2. The van der Waals surface area contributed by atoms with Crippen LogP contribution in [-0.2, 0) is 20.7 Å². The second-order valence-electron chi connectivity index (χ2n) is 4.84. The van der Waals surface area contributed by atoms with Crippen molar-refractivity contribution < 1.29 is 14.3 Å². The number of benzene rings is 1. The topological polar surface area (TPSA) is 62.4 Å². The number of rotatable bonds is 6. The number of nitrogens with zero attached hydrogens (tertiary/aromatic N) is 1. The maximum absolute atomic E-state index is 12.3. The number of aromatic nitrogens is 1. The van der Waals surface area contributed by atoms with Crippen molar-refractivity contribution in [3.63, 3.8) is 0 Å². The fraction of sp³-hybridized carbons (Fsp3) is 0.375. The van der Waals surface area contributed by atoms with Gasteiger partial charge in [0.1, 0.15) is 0 Å². The minimum atomic E-state index is -0.298. The summed E-state index contributed by atoms with van der Waals surface area (Å²) < 4.78 is 4.61. The van der Waals surface area contributed by atoms with Crippen molar-refractivity contribution in [3.05, 3.63) is 36.0 Å². The number of nitrogens with one attached hydrogen (secondary N) is 1. The smallest absolute Gasteiger partial charge is 0.307 e. The SMILES string of the molecule is CCN(CCC(=O)OC)C(=O)Cc1c[nH]c2ccccc12. The molecule has 2 aromatic rings. The Kier molecular flexibility index (Phi) is 4.98. The number of hydrogen-bond acceptors (Lipinski definition) is 3. The summed E-state index contributed by atoms with van der Waals surface area (Å²) in [7, 11) is 1.35. The standard InChI is InChI=1S/C16H20N2O3/c1-3-18(9-8-16(20)21-2)15(19)10-12-11-17-14-7-5-4-6-13(12)14/h4-7,11,17H,3,8-10H2,1-2H3. The summed E-state index contributed by atoms with van der Waals surface area (Å²) >= 11 is 0. The van der Waals surface area contributed by atoms with Crippen LogP contribution in [0.3, 0.4) is 0 Å². The average Bonchev–Trinajstić information content (AvgIpc) is 2.91. The highest BCUT2D eigenvalue weighted by Crippen LogP contribution is 2.18. The summed E-state index contributed by atoms with van der Waals surface area (Å²) in [5, 5.41) is 1.06. The molecule has 0 saturated carbocycles. The molecule has 0 aliphatic heterocycles. The molecule has 0 atom stereocenters. The molecular formula is C16H20N2O3. The maximum atomic E-state index is 12.3. The third kappa shape index (κ3) is 3.62. The lowest BCUT2D eigenvalue weighted by atomic mass is 10.1. The fourth-order valence-corrected chi connectivity index (χ4v) is 2.34. The van der Waals surface area contributed by atoms with Crippen molar-refractivity contribution in [2.24, 2.45) is 0 Å². The monoisotopic (exact) mass is 288 g/mol. The zero-order valence-electron chi connectivity index (χ0n) is 12.4.